The number of fused-ring (bicyclic) bond motifs is 1. The molecule has 0 spiro atoms. The molecule has 0 atom stereocenters. The summed E-state index contributed by atoms with van der Waals surface area (Å²) in [5.41, 5.74) is -1.94. The van der Waals surface area contributed by atoms with Gasteiger partial charge in [0.2, 0.25) is 11.2 Å². The van der Waals surface area contributed by atoms with Crippen LogP contribution in [0, 0.1) is 0 Å². The van der Waals surface area contributed by atoms with E-state index in [0.717, 1.165) is 13.2 Å². The number of rotatable bonds is 6. The molecule has 0 saturated carbocycles. The van der Waals surface area contributed by atoms with Crippen molar-refractivity contribution in [3.8, 4) is 28.4 Å². The highest BCUT2D eigenvalue weighted by Crippen LogP contribution is 2.40. The maximum Gasteiger partial charge on any atom is 0.450 e. The summed E-state index contributed by atoms with van der Waals surface area (Å²) in [7, 11) is 3.87. The fraction of sp³-hybridized carbons (Fsp3) is 0.238. The maximum atomic E-state index is 13.8. The number of hydrogen-bond donors (Lipinski definition) is 0. The smallest absolute Gasteiger partial charge is 0.450 e. The van der Waals surface area contributed by atoms with Gasteiger partial charge in [0, 0.05) is 6.07 Å². The molecule has 0 aliphatic carbocycles. The molecule has 3 rings (SSSR count). The topological polar surface area (TPSA) is 84.2 Å². The Kier molecular flexibility index (Phi) is 6.09. The highest BCUT2D eigenvalue weighted by Gasteiger charge is 2.39. The van der Waals surface area contributed by atoms with Gasteiger partial charge in [0.25, 0.3) is 0 Å². The van der Waals surface area contributed by atoms with Gasteiger partial charge < -0.3 is 23.4 Å². The average Bonchev–Trinajstić information content (AvgIpc) is 2.76. The standard InChI is InChI=1S/C21H17F3O7/c1-27-14-7-4-11(8-16(14)28-2)18-19(26)13-6-5-12(30-10-17(25)29-3)9-15(13)31-20(18)21(22,23)24/h4-9H,10H2,1-3H3. The summed E-state index contributed by atoms with van der Waals surface area (Å²) >= 11 is 0. The van der Waals surface area contributed by atoms with Gasteiger partial charge in [0.05, 0.1) is 32.3 Å². The van der Waals surface area contributed by atoms with Crippen LogP contribution in [0.5, 0.6) is 17.2 Å². The number of halogens is 3. The molecule has 31 heavy (non-hydrogen) atoms. The number of carbonyl (C=O) groups is 1. The molecule has 0 bridgehead atoms. The number of alkyl halides is 3. The van der Waals surface area contributed by atoms with Crippen LogP contribution >= 0.6 is 0 Å². The Balaban J connectivity index is 2.21. The number of esters is 1. The van der Waals surface area contributed by atoms with Crippen LogP contribution in [0.1, 0.15) is 5.76 Å². The van der Waals surface area contributed by atoms with Gasteiger partial charge in [0.15, 0.2) is 18.1 Å². The van der Waals surface area contributed by atoms with E-state index >= 15 is 0 Å². The van der Waals surface area contributed by atoms with Gasteiger partial charge in [-0.3, -0.25) is 4.79 Å². The Morgan fingerprint density at radius 1 is 1.00 bits per heavy atom. The summed E-state index contributed by atoms with van der Waals surface area (Å²) < 4.78 is 66.3. The molecule has 0 N–H and O–H groups in total. The second-order valence-electron chi connectivity index (χ2n) is 6.23. The number of hydrogen-bond acceptors (Lipinski definition) is 7. The van der Waals surface area contributed by atoms with Crippen LogP contribution in [0.3, 0.4) is 0 Å². The molecule has 164 valence electrons. The second kappa shape index (κ2) is 8.58. The highest BCUT2D eigenvalue weighted by atomic mass is 19.4. The van der Waals surface area contributed by atoms with Crippen molar-refractivity contribution in [2.24, 2.45) is 0 Å². The first kappa shape index (κ1) is 22.0. The van der Waals surface area contributed by atoms with Crippen molar-refractivity contribution < 1.29 is 41.3 Å². The van der Waals surface area contributed by atoms with Gasteiger partial charge >= 0.3 is 12.1 Å². The zero-order valence-electron chi connectivity index (χ0n) is 16.7. The van der Waals surface area contributed by atoms with Gasteiger partial charge in [0.1, 0.15) is 11.3 Å². The van der Waals surface area contributed by atoms with Crippen molar-refractivity contribution in [3.05, 3.63) is 52.4 Å². The minimum absolute atomic E-state index is 0.0352. The van der Waals surface area contributed by atoms with E-state index in [1.54, 1.807) is 0 Å². The maximum absolute atomic E-state index is 13.8. The third-order valence-electron chi connectivity index (χ3n) is 4.38. The molecule has 3 aromatic rings. The van der Waals surface area contributed by atoms with E-state index < -0.39 is 35.5 Å². The SMILES string of the molecule is COC(=O)COc1ccc2c(=O)c(-c3ccc(OC)c(OC)c3)c(C(F)(F)F)oc2c1. The fourth-order valence-electron chi connectivity index (χ4n) is 2.92. The molecule has 1 heterocycles. The largest absolute Gasteiger partial charge is 0.493 e. The van der Waals surface area contributed by atoms with Gasteiger partial charge in [-0.2, -0.15) is 13.2 Å². The van der Waals surface area contributed by atoms with Gasteiger partial charge in [-0.1, -0.05) is 6.07 Å². The normalized spacial score (nSPS) is 11.3. The van der Waals surface area contributed by atoms with Crippen LogP contribution in [-0.4, -0.2) is 33.9 Å². The predicted molar refractivity (Wildman–Crippen MR) is 104 cm³/mol. The number of benzene rings is 2. The van der Waals surface area contributed by atoms with Crippen LogP contribution in [0.2, 0.25) is 0 Å². The first-order valence-electron chi connectivity index (χ1n) is 8.79. The van der Waals surface area contributed by atoms with Crippen molar-refractivity contribution in [1.29, 1.82) is 0 Å². The first-order valence-corrected chi connectivity index (χ1v) is 8.79. The summed E-state index contributed by atoms with van der Waals surface area (Å²) in [6, 6.07) is 7.67. The summed E-state index contributed by atoms with van der Waals surface area (Å²) in [5.74, 6) is -1.67. The van der Waals surface area contributed by atoms with Crippen LogP contribution < -0.4 is 19.6 Å². The molecular weight excluding hydrogens is 421 g/mol. The molecule has 0 amide bonds. The molecule has 0 aliphatic rings. The third kappa shape index (κ3) is 4.42. The van der Waals surface area contributed by atoms with E-state index in [1.807, 2.05) is 0 Å². The Labute approximate surface area is 173 Å². The van der Waals surface area contributed by atoms with Gasteiger partial charge in [-0.25, -0.2) is 4.79 Å². The van der Waals surface area contributed by atoms with Crippen LogP contribution in [0.15, 0.2) is 45.6 Å². The van der Waals surface area contributed by atoms with Crippen molar-refractivity contribution in [2.45, 2.75) is 6.18 Å². The molecule has 0 radical (unpaired) electrons. The lowest BCUT2D eigenvalue weighted by atomic mass is 10.0. The molecule has 10 heteroatoms. The average molecular weight is 438 g/mol. The van der Waals surface area contributed by atoms with Crippen molar-refractivity contribution in [1.82, 2.24) is 0 Å². The Bertz CT molecular complexity index is 1180. The molecule has 2 aromatic carbocycles. The molecule has 0 aliphatic heterocycles. The first-order chi connectivity index (χ1) is 14.7. The van der Waals surface area contributed by atoms with Crippen LogP contribution in [0.4, 0.5) is 13.2 Å². The zero-order valence-corrected chi connectivity index (χ0v) is 16.7. The van der Waals surface area contributed by atoms with E-state index in [0.29, 0.717) is 0 Å². The van der Waals surface area contributed by atoms with Gasteiger partial charge in [-0.05, 0) is 29.8 Å². The summed E-state index contributed by atoms with van der Waals surface area (Å²) in [4.78, 5) is 24.2. The monoisotopic (exact) mass is 438 g/mol. The predicted octanol–water partition coefficient (Wildman–Crippen LogP) is 4.05. The van der Waals surface area contributed by atoms with E-state index in [9.17, 15) is 22.8 Å². The lowest BCUT2D eigenvalue weighted by Gasteiger charge is -2.15. The van der Waals surface area contributed by atoms with E-state index in [4.69, 9.17) is 18.6 Å². The minimum atomic E-state index is -4.96. The Morgan fingerprint density at radius 3 is 2.32 bits per heavy atom. The lowest BCUT2D eigenvalue weighted by Crippen LogP contribution is -2.16. The molecule has 7 nitrogen and oxygen atoms in total. The Morgan fingerprint density at radius 2 is 1.71 bits per heavy atom. The van der Waals surface area contributed by atoms with E-state index in [1.165, 1.54) is 44.6 Å². The van der Waals surface area contributed by atoms with Crippen molar-refractivity contribution >= 4 is 16.9 Å². The van der Waals surface area contributed by atoms with Crippen LogP contribution in [-0.2, 0) is 15.7 Å². The van der Waals surface area contributed by atoms with Gasteiger partial charge in [-0.15, -0.1) is 0 Å². The third-order valence-corrected chi connectivity index (χ3v) is 4.38. The van der Waals surface area contributed by atoms with E-state index in [-0.39, 0.29) is 33.8 Å². The summed E-state index contributed by atoms with van der Waals surface area (Å²) in [6.45, 7) is -0.456. The summed E-state index contributed by atoms with van der Waals surface area (Å²) in [6.07, 6.45) is -4.96. The molecule has 0 fully saturated rings. The van der Waals surface area contributed by atoms with Crippen molar-refractivity contribution in [3.63, 3.8) is 0 Å². The molecule has 0 saturated heterocycles. The quantitative estimate of drug-likeness (QED) is 0.537. The Hall–Kier alpha value is -3.69. The number of carbonyl (C=O) groups excluding carboxylic acids is 1. The van der Waals surface area contributed by atoms with E-state index in [2.05, 4.69) is 4.74 Å². The molecule has 0 unspecified atom stereocenters. The zero-order chi connectivity index (χ0) is 22.8. The summed E-state index contributed by atoms with van der Waals surface area (Å²) in [5, 5.41) is -0.0943. The van der Waals surface area contributed by atoms with Crippen LogP contribution in [0.25, 0.3) is 22.1 Å². The number of ether oxygens (including phenoxy) is 4. The highest BCUT2D eigenvalue weighted by molar-refractivity contribution is 5.84. The number of methoxy groups -OCH3 is 3. The van der Waals surface area contributed by atoms with Crippen molar-refractivity contribution in [2.75, 3.05) is 27.9 Å². The lowest BCUT2D eigenvalue weighted by molar-refractivity contribution is -0.152. The fourth-order valence-corrected chi connectivity index (χ4v) is 2.92. The minimum Gasteiger partial charge on any atom is -0.493 e. The molecule has 1 aromatic heterocycles. The molecular formula is C21H17F3O7. The second-order valence-corrected chi connectivity index (χ2v) is 6.23.